The lowest BCUT2D eigenvalue weighted by molar-refractivity contribution is -0.119. The Kier molecular flexibility index (Phi) is 5.95. The van der Waals surface area contributed by atoms with Crippen molar-refractivity contribution in [3.05, 3.63) is 53.1 Å². The molecule has 0 saturated carbocycles. The first kappa shape index (κ1) is 18.8. The first-order chi connectivity index (χ1) is 13.0. The van der Waals surface area contributed by atoms with E-state index in [1.165, 1.54) is 13.2 Å². The molecule has 1 heterocycles. The number of benzene rings is 2. The molecule has 0 atom stereocenters. The highest BCUT2D eigenvalue weighted by Crippen LogP contribution is 2.40. The van der Waals surface area contributed by atoms with E-state index in [4.69, 9.17) is 25.8 Å². The van der Waals surface area contributed by atoms with Gasteiger partial charge in [0.1, 0.15) is 6.61 Å². The van der Waals surface area contributed by atoms with Crippen LogP contribution in [0.3, 0.4) is 0 Å². The van der Waals surface area contributed by atoms with E-state index in [0.717, 1.165) is 5.56 Å². The number of rotatable bonds is 6. The summed E-state index contributed by atoms with van der Waals surface area (Å²) in [5.41, 5.74) is 1.93. The highest BCUT2D eigenvalue weighted by Gasteiger charge is 2.17. The van der Waals surface area contributed by atoms with Crippen molar-refractivity contribution in [3.63, 3.8) is 0 Å². The van der Waals surface area contributed by atoms with Gasteiger partial charge in [0.25, 0.3) is 0 Å². The van der Waals surface area contributed by atoms with E-state index in [1.807, 2.05) is 0 Å². The summed E-state index contributed by atoms with van der Waals surface area (Å²) in [5.74, 6) is 0.504. The van der Waals surface area contributed by atoms with Crippen molar-refractivity contribution in [1.82, 2.24) is 0 Å². The lowest BCUT2D eigenvalue weighted by atomic mass is 10.2. The first-order valence-corrected chi connectivity index (χ1v) is 8.40. The molecule has 140 valence electrons. The van der Waals surface area contributed by atoms with Crippen molar-refractivity contribution in [2.24, 2.45) is 0 Å². The normalized spacial score (nSPS) is 12.2. The highest BCUT2D eigenvalue weighted by atomic mass is 35.5. The third kappa shape index (κ3) is 4.99. The molecule has 0 spiro atoms. The quantitative estimate of drug-likeness (QED) is 0.741. The summed E-state index contributed by atoms with van der Waals surface area (Å²) >= 11 is 6.11. The third-order valence-electron chi connectivity index (χ3n) is 3.59. The second-order valence-corrected chi connectivity index (χ2v) is 6.02. The van der Waals surface area contributed by atoms with Crippen molar-refractivity contribution in [3.8, 4) is 11.5 Å². The van der Waals surface area contributed by atoms with Gasteiger partial charge < -0.3 is 24.8 Å². The van der Waals surface area contributed by atoms with E-state index in [9.17, 15) is 9.59 Å². The summed E-state index contributed by atoms with van der Waals surface area (Å²) in [7, 11) is 1.45. The molecule has 27 heavy (non-hydrogen) atoms. The molecule has 2 amide bonds. The van der Waals surface area contributed by atoms with Crippen LogP contribution < -0.4 is 20.1 Å². The Morgan fingerprint density at radius 1 is 1.15 bits per heavy atom. The van der Waals surface area contributed by atoms with Crippen molar-refractivity contribution >= 4 is 40.9 Å². The number of carbonyl (C=O) groups excluding carboxylic acids is 2. The summed E-state index contributed by atoms with van der Waals surface area (Å²) in [4.78, 5) is 23.5. The number of halogens is 1. The maximum atomic E-state index is 12.1. The van der Waals surface area contributed by atoms with Crippen molar-refractivity contribution in [2.45, 2.75) is 0 Å². The minimum atomic E-state index is -0.306. The van der Waals surface area contributed by atoms with Crippen molar-refractivity contribution in [1.29, 1.82) is 0 Å². The molecule has 1 aliphatic rings. The van der Waals surface area contributed by atoms with Crippen molar-refractivity contribution < 1.29 is 23.8 Å². The fourth-order valence-electron chi connectivity index (χ4n) is 2.40. The maximum Gasteiger partial charge on any atom is 0.250 e. The standard InChI is InChI=1S/C19H17ClN2O5/c1-25-10-18(24)22-14-5-3-13(4-6-14)21-17(23)7-2-12-8-15(20)19-16(9-12)26-11-27-19/h2-9H,10-11H2,1H3,(H,21,23)(H,22,24)/b7-2+. The average molecular weight is 389 g/mol. The van der Waals surface area contributed by atoms with Crippen LogP contribution in [0.5, 0.6) is 11.5 Å². The first-order valence-electron chi connectivity index (χ1n) is 8.02. The lowest BCUT2D eigenvalue weighted by Crippen LogP contribution is -2.17. The number of hydrogen-bond donors (Lipinski definition) is 2. The monoisotopic (exact) mass is 388 g/mol. The number of ether oxygens (including phenoxy) is 3. The molecule has 1 aliphatic heterocycles. The van der Waals surface area contributed by atoms with Crippen LogP contribution in [0, 0.1) is 0 Å². The van der Waals surface area contributed by atoms with Crippen LogP contribution >= 0.6 is 11.6 Å². The fraction of sp³-hybridized carbons (Fsp3) is 0.158. The van der Waals surface area contributed by atoms with Crippen LogP contribution in [0.2, 0.25) is 5.02 Å². The minimum Gasteiger partial charge on any atom is -0.454 e. The number of nitrogens with one attached hydrogen (secondary N) is 2. The highest BCUT2D eigenvalue weighted by molar-refractivity contribution is 6.32. The maximum absolute atomic E-state index is 12.1. The van der Waals surface area contributed by atoms with Gasteiger partial charge in [-0.2, -0.15) is 0 Å². The topological polar surface area (TPSA) is 85.9 Å². The fourth-order valence-corrected chi connectivity index (χ4v) is 2.68. The molecule has 0 fully saturated rings. The van der Waals surface area contributed by atoms with Crippen molar-refractivity contribution in [2.75, 3.05) is 31.1 Å². The summed E-state index contributed by atoms with van der Waals surface area (Å²) < 4.78 is 15.3. The van der Waals surface area contributed by atoms with Crippen LogP contribution in [0.4, 0.5) is 11.4 Å². The Labute approximate surface area is 160 Å². The zero-order valence-electron chi connectivity index (χ0n) is 14.5. The summed E-state index contributed by atoms with van der Waals surface area (Å²) in [5, 5.41) is 5.83. The molecule has 0 unspecified atom stereocenters. The summed E-state index contributed by atoms with van der Waals surface area (Å²) in [6.45, 7) is 0.109. The Bertz CT molecular complexity index is 880. The molecular formula is C19H17ClN2O5. The van der Waals surface area contributed by atoms with E-state index in [-0.39, 0.29) is 25.2 Å². The molecule has 0 radical (unpaired) electrons. The largest absolute Gasteiger partial charge is 0.454 e. The number of carbonyl (C=O) groups is 2. The van der Waals surface area contributed by atoms with Gasteiger partial charge in [0.05, 0.1) is 5.02 Å². The van der Waals surface area contributed by atoms with E-state index in [1.54, 1.807) is 42.5 Å². The van der Waals surface area contributed by atoms with Crippen LogP contribution in [0.25, 0.3) is 6.08 Å². The lowest BCUT2D eigenvalue weighted by Gasteiger charge is -2.06. The van der Waals surface area contributed by atoms with Crippen LogP contribution in [-0.2, 0) is 14.3 Å². The molecule has 0 bridgehead atoms. The zero-order valence-corrected chi connectivity index (χ0v) is 15.2. The Hall–Kier alpha value is -3.03. The molecule has 2 N–H and O–H groups in total. The summed E-state index contributed by atoms with van der Waals surface area (Å²) in [6, 6.07) is 10.2. The predicted molar refractivity (Wildman–Crippen MR) is 102 cm³/mol. The van der Waals surface area contributed by atoms with Gasteiger partial charge in [-0.15, -0.1) is 0 Å². The molecule has 0 aromatic heterocycles. The SMILES string of the molecule is COCC(=O)Nc1ccc(NC(=O)/C=C/c2cc(Cl)c3c(c2)OCO3)cc1. The van der Waals surface area contributed by atoms with Gasteiger partial charge in [-0.3, -0.25) is 9.59 Å². The Morgan fingerprint density at radius 2 is 1.85 bits per heavy atom. The molecular weight excluding hydrogens is 372 g/mol. The molecule has 2 aromatic rings. The van der Waals surface area contributed by atoms with Gasteiger partial charge >= 0.3 is 0 Å². The van der Waals surface area contributed by atoms with E-state index in [0.29, 0.717) is 27.9 Å². The molecule has 3 rings (SSSR count). The number of amides is 2. The average Bonchev–Trinajstić information content (AvgIpc) is 3.11. The smallest absolute Gasteiger partial charge is 0.250 e. The predicted octanol–water partition coefficient (Wildman–Crippen LogP) is 3.31. The molecule has 7 nitrogen and oxygen atoms in total. The van der Waals surface area contributed by atoms with Gasteiger partial charge in [0.2, 0.25) is 18.6 Å². The van der Waals surface area contributed by atoms with Crippen LogP contribution in [-0.4, -0.2) is 32.3 Å². The molecule has 0 aliphatic carbocycles. The third-order valence-corrected chi connectivity index (χ3v) is 3.87. The van der Waals surface area contributed by atoms with E-state index < -0.39 is 0 Å². The van der Waals surface area contributed by atoms with Gasteiger partial charge in [0, 0.05) is 24.6 Å². The number of hydrogen-bond acceptors (Lipinski definition) is 5. The van der Waals surface area contributed by atoms with Gasteiger partial charge in [-0.05, 0) is 48.0 Å². The van der Waals surface area contributed by atoms with Crippen LogP contribution in [0.15, 0.2) is 42.5 Å². The molecule has 2 aromatic carbocycles. The second-order valence-electron chi connectivity index (χ2n) is 5.62. The number of anilines is 2. The van der Waals surface area contributed by atoms with Gasteiger partial charge in [-0.25, -0.2) is 0 Å². The second kappa shape index (κ2) is 8.57. The number of fused-ring (bicyclic) bond motifs is 1. The van der Waals surface area contributed by atoms with E-state index >= 15 is 0 Å². The van der Waals surface area contributed by atoms with E-state index in [2.05, 4.69) is 10.6 Å². The van der Waals surface area contributed by atoms with Gasteiger partial charge in [0.15, 0.2) is 11.5 Å². The molecule has 0 saturated heterocycles. The van der Waals surface area contributed by atoms with Crippen LogP contribution in [0.1, 0.15) is 5.56 Å². The van der Waals surface area contributed by atoms with Gasteiger partial charge in [-0.1, -0.05) is 11.6 Å². The Morgan fingerprint density at radius 3 is 2.56 bits per heavy atom. The Balaban J connectivity index is 1.58. The number of methoxy groups -OCH3 is 1. The minimum absolute atomic E-state index is 0.0207. The zero-order chi connectivity index (χ0) is 19.2. The summed E-state index contributed by atoms with van der Waals surface area (Å²) in [6.07, 6.45) is 3.02. The molecule has 8 heteroatoms.